The molecule has 4 rings (SSSR count). The molecular weight excluding hydrogens is 470 g/mol. The van der Waals surface area contributed by atoms with E-state index in [-0.39, 0.29) is 24.3 Å². The monoisotopic (exact) mass is 501 g/mol. The number of fused-ring (bicyclic) bond motifs is 1. The number of furan rings is 1. The lowest BCUT2D eigenvalue weighted by Crippen LogP contribution is -2.45. The summed E-state index contributed by atoms with van der Waals surface area (Å²) in [5, 5.41) is 15.8. The van der Waals surface area contributed by atoms with Gasteiger partial charge < -0.3 is 19.5 Å². The van der Waals surface area contributed by atoms with Crippen LogP contribution in [0.1, 0.15) is 30.6 Å². The fraction of sp³-hybridized carbons (Fsp3) is 0.370. The number of hydrogen-bond donors (Lipinski definition) is 2. The number of nitrogens with one attached hydrogen (secondary N) is 2. The molecule has 0 aliphatic carbocycles. The van der Waals surface area contributed by atoms with Crippen molar-refractivity contribution in [3.8, 4) is 6.19 Å². The minimum absolute atomic E-state index is 0.00263. The SMILES string of the molecule is Cc1cc2cc(NC(=NC3CCCCN(CC(=O)N(C)CCc4ccncc4)C3=O)NC#N)ccc2o1. The van der Waals surface area contributed by atoms with Crippen LogP contribution in [0.25, 0.3) is 11.0 Å². The van der Waals surface area contributed by atoms with Crippen molar-refractivity contribution in [3.05, 3.63) is 60.1 Å². The van der Waals surface area contributed by atoms with E-state index < -0.39 is 6.04 Å². The highest BCUT2D eigenvalue weighted by Gasteiger charge is 2.29. The third-order valence-corrected chi connectivity index (χ3v) is 6.35. The van der Waals surface area contributed by atoms with Gasteiger partial charge in [0.25, 0.3) is 0 Å². The first-order valence-electron chi connectivity index (χ1n) is 12.3. The van der Waals surface area contributed by atoms with Crippen molar-refractivity contribution in [2.45, 2.75) is 38.6 Å². The summed E-state index contributed by atoms with van der Waals surface area (Å²) < 4.78 is 5.61. The summed E-state index contributed by atoms with van der Waals surface area (Å²) in [6.45, 7) is 2.93. The second-order valence-corrected chi connectivity index (χ2v) is 9.14. The highest BCUT2D eigenvalue weighted by molar-refractivity contribution is 5.98. The molecule has 10 nitrogen and oxygen atoms in total. The van der Waals surface area contributed by atoms with Crippen molar-refractivity contribution in [2.24, 2.45) is 4.99 Å². The van der Waals surface area contributed by atoms with Crippen LogP contribution in [0.15, 0.2) is 58.2 Å². The van der Waals surface area contributed by atoms with Gasteiger partial charge in [0.05, 0.1) is 6.54 Å². The van der Waals surface area contributed by atoms with Gasteiger partial charge in [-0.05, 0) is 74.6 Å². The van der Waals surface area contributed by atoms with Gasteiger partial charge in [-0.1, -0.05) is 0 Å². The minimum atomic E-state index is -0.694. The number of nitriles is 1. The zero-order chi connectivity index (χ0) is 26.2. The number of guanidine groups is 1. The largest absolute Gasteiger partial charge is 0.461 e. The maximum Gasteiger partial charge on any atom is 0.247 e. The molecule has 0 radical (unpaired) electrons. The quantitative estimate of drug-likeness (QED) is 0.220. The van der Waals surface area contributed by atoms with E-state index in [0.29, 0.717) is 31.6 Å². The number of hydrogen-bond acceptors (Lipinski definition) is 6. The van der Waals surface area contributed by atoms with Gasteiger partial charge in [-0.15, -0.1) is 0 Å². The molecule has 3 heterocycles. The van der Waals surface area contributed by atoms with Crippen molar-refractivity contribution in [3.63, 3.8) is 0 Å². The third kappa shape index (κ3) is 6.85. The van der Waals surface area contributed by atoms with Crippen LogP contribution in [0.3, 0.4) is 0 Å². The minimum Gasteiger partial charge on any atom is -0.461 e. The number of aromatic nitrogens is 1. The summed E-state index contributed by atoms with van der Waals surface area (Å²) in [5.74, 6) is 0.651. The maximum absolute atomic E-state index is 13.3. The summed E-state index contributed by atoms with van der Waals surface area (Å²) in [6.07, 6.45) is 8.18. The number of likely N-dealkylation sites (tertiary alicyclic amines) is 1. The van der Waals surface area contributed by atoms with Gasteiger partial charge in [-0.25, -0.2) is 4.99 Å². The highest BCUT2D eigenvalue weighted by atomic mass is 16.3. The van der Waals surface area contributed by atoms with Crippen molar-refractivity contribution in [1.29, 1.82) is 5.26 Å². The summed E-state index contributed by atoms with van der Waals surface area (Å²) in [5.41, 5.74) is 2.57. The Morgan fingerprint density at radius 2 is 2.08 bits per heavy atom. The predicted octanol–water partition coefficient (Wildman–Crippen LogP) is 3.06. The van der Waals surface area contributed by atoms with E-state index in [0.717, 1.165) is 35.1 Å². The number of pyridine rings is 1. The molecule has 1 unspecified atom stereocenters. The molecule has 1 atom stereocenters. The summed E-state index contributed by atoms with van der Waals surface area (Å²) in [7, 11) is 1.75. The second-order valence-electron chi connectivity index (χ2n) is 9.14. The van der Waals surface area contributed by atoms with E-state index in [1.807, 2.05) is 49.5 Å². The molecule has 0 bridgehead atoms. The molecule has 37 heavy (non-hydrogen) atoms. The molecule has 1 aliphatic rings. The smallest absolute Gasteiger partial charge is 0.247 e. The fourth-order valence-corrected chi connectivity index (χ4v) is 4.31. The Hall–Kier alpha value is -4.39. The second kappa shape index (κ2) is 12.0. The van der Waals surface area contributed by atoms with Gasteiger partial charge in [-0.3, -0.25) is 19.9 Å². The molecule has 10 heteroatoms. The lowest BCUT2D eigenvalue weighted by molar-refractivity contribution is -0.140. The number of carbonyl (C=O) groups is 2. The first-order valence-corrected chi connectivity index (χ1v) is 12.3. The van der Waals surface area contributed by atoms with E-state index in [2.05, 4.69) is 20.6 Å². The number of benzene rings is 1. The highest BCUT2D eigenvalue weighted by Crippen LogP contribution is 2.23. The zero-order valence-electron chi connectivity index (χ0n) is 21.1. The molecule has 1 saturated heterocycles. The molecule has 2 N–H and O–H groups in total. The van der Waals surface area contributed by atoms with Crippen LogP contribution in [0.5, 0.6) is 0 Å². The van der Waals surface area contributed by atoms with Crippen LogP contribution in [0.2, 0.25) is 0 Å². The molecular formula is C27H31N7O3. The Bertz CT molecular complexity index is 1310. The van der Waals surface area contributed by atoms with E-state index in [1.165, 1.54) is 0 Å². The van der Waals surface area contributed by atoms with Gasteiger partial charge in [0, 0.05) is 43.6 Å². The number of nitrogens with zero attached hydrogens (tertiary/aromatic N) is 5. The Balaban J connectivity index is 1.42. The van der Waals surface area contributed by atoms with Gasteiger partial charge in [0.15, 0.2) is 6.19 Å². The number of aliphatic imine (C=N–C) groups is 1. The standard InChI is InChI=1S/C27H31N7O3/c1-19-15-21-16-22(6-7-24(21)37-19)31-27(30-18-28)32-23-5-3-4-13-34(26(23)36)17-25(35)33(2)14-10-20-8-11-29-12-9-20/h6-9,11-12,15-16,23H,3-5,10,13-14,17H2,1-2H3,(H2,30,31,32). The van der Waals surface area contributed by atoms with E-state index in [1.54, 1.807) is 29.2 Å². The summed E-state index contributed by atoms with van der Waals surface area (Å²) in [6, 6.07) is 10.6. The molecule has 192 valence electrons. The number of anilines is 1. The van der Waals surface area contributed by atoms with E-state index in [9.17, 15) is 14.9 Å². The number of likely N-dealkylation sites (N-methyl/N-ethyl adjacent to an activating group) is 1. The number of rotatable bonds is 7. The van der Waals surface area contributed by atoms with Crippen LogP contribution >= 0.6 is 0 Å². The lowest BCUT2D eigenvalue weighted by Gasteiger charge is -2.25. The molecule has 0 saturated carbocycles. The first kappa shape index (κ1) is 25.7. The summed E-state index contributed by atoms with van der Waals surface area (Å²) >= 11 is 0. The lowest BCUT2D eigenvalue weighted by atomic mass is 10.1. The normalized spacial score (nSPS) is 16.2. The summed E-state index contributed by atoms with van der Waals surface area (Å²) in [4.78, 5) is 38.0. The molecule has 2 aromatic heterocycles. The topological polar surface area (TPSA) is 127 Å². The van der Waals surface area contributed by atoms with Crippen LogP contribution in [0, 0.1) is 18.4 Å². The number of aryl methyl sites for hydroxylation is 1. The Kier molecular flexibility index (Phi) is 8.36. The van der Waals surface area contributed by atoms with Crippen molar-refractivity contribution < 1.29 is 14.0 Å². The Morgan fingerprint density at radius 3 is 2.86 bits per heavy atom. The molecule has 2 amide bonds. The first-order chi connectivity index (χ1) is 17.9. The molecule has 3 aromatic rings. The van der Waals surface area contributed by atoms with Gasteiger partial charge in [0.1, 0.15) is 17.4 Å². The van der Waals surface area contributed by atoms with E-state index in [4.69, 9.17) is 4.42 Å². The van der Waals surface area contributed by atoms with Crippen molar-refractivity contribution in [1.82, 2.24) is 20.1 Å². The van der Waals surface area contributed by atoms with Crippen LogP contribution < -0.4 is 10.6 Å². The Labute approximate surface area is 216 Å². The Morgan fingerprint density at radius 1 is 1.27 bits per heavy atom. The molecule has 1 aliphatic heterocycles. The van der Waals surface area contributed by atoms with Crippen molar-refractivity contribution in [2.75, 3.05) is 32.0 Å². The average molecular weight is 502 g/mol. The van der Waals surface area contributed by atoms with Gasteiger partial charge >= 0.3 is 0 Å². The van der Waals surface area contributed by atoms with Crippen LogP contribution in [0.4, 0.5) is 5.69 Å². The average Bonchev–Trinajstić information content (AvgIpc) is 3.18. The molecule has 1 aromatic carbocycles. The predicted molar refractivity (Wildman–Crippen MR) is 141 cm³/mol. The van der Waals surface area contributed by atoms with Gasteiger partial charge in [-0.2, -0.15) is 5.26 Å². The van der Waals surface area contributed by atoms with Crippen molar-refractivity contribution >= 4 is 34.4 Å². The number of carbonyl (C=O) groups excluding carboxylic acids is 2. The fourth-order valence-electron chi connectivity index (χ4n) is 4.31. The molecule has 1 fully saturated rings. The number of amides is 2. The zero-order valence-corrected chi connectivity index (χ0v) is 21.1. The van der Waals surface area contributed by atoms with Crippen LogP contribution in [-0.4, -0.2) is 65.3 Å². The third-order valence-electron chi connectivity index (χ3n) is 6.35. The molecule has 0 spiro atoms. The van der Waals surface area contributed by atoms with Gasteiger partial charge in [0.2, 0.25) is 17.8 Å². The van der Waals surface area contributed by atoms with Crippen LogP contribution in [-0.2, 0) is 16.0 Å². The maximum atomic E-state index is 13.3. The van der Waals surface area contributed by atoms with E-state index >= 15 is 0 Å².